The quantitative estimate of drug-likeness (QED) is 0.376. The minimum Gasteiger partial charge on any atom is -1.00 e. The van der Waals surface area contributed by atoms with Gasteiger partial charge in [-0.25, -0.2) is 12.1 Å². The van der Waals surface area contributed by atoms with Crippen LogP contribution in [0.2, 0.25) is 0 Å². The van der Waals surface area contributed by atoms with E-state index in [1.54, 1.807) is 0 Å². The van der Waals surface area contributed by atoms with Gasteiger partial charge in [-0.1, -0.05) is 66.2 Å². The van der Waals surface area contributed by atoms with Crippen molar-refractivity contribution >= 4 is 0 Å². The molecule has 0 radical (unpaired) electrons. The fraction of sp³-hybridized carbons (Fsp3) is 0.500. The van der Waals surface area contributed by atoms with Gasteiger partial charge in [-0.2, -0.15) is 46.5 Å². The molecule has 0 saturated heterocycles. The van der Waals surface area contributed by atoms with Crippen LogP contribution in [0, 0.1) is 13.8 Å². The summed E-state index contributed by atoms with van der Waals surface area (Å²) in [5.41, 5.74) is 5.79. The van der Waals surface area contributed by atoms with E-state index in [4.69, 9.17) is 0 Å². The monoisotopic (exact) mass is 520 g/mol. The minimum absolute atomic E-state index is 0. The van der Waals surface area contributed by atoms with Gasteiger partial charge in [0.05, 0.1) is 0 Å². The number of aryl methyl sites for hydroxylation is 4. The maximum absolute atomic E-state index is 2.27. The van der Waals surface area contributed by atoms with Crippen molar-refractivity contribution < 1.29 is 50.7 Å². The fourth-order valence-corrected chi connectivity index (χ4v) is 2.33. The first-order valence-electron chi connectivity index (χ1n) is 8.10. The Hall–Kier alpha value is 0.150. The van der Waals surface area contributed by atoms with Crippen LogP contribution in [0.15, 0.2) is 36.4 Å². The van der Waals surface area contributed by atoms with E-state index in [1.165, 1.54) is 60.8 Å². The van der Waals surface area contributed by atoms with Crippen LogP contribution >= 0.6 is 0 Å². The maximum Gasteiger partial charge on any atom is 4.00 e. The number of unbranched alkanes of at least 4 members (excludes halogenated alkanes) is 2. The molecule has 0 bridgehead atoms. The Balaban J connectivity index is -0.000000308. The predicted molar refractivity (Wildman–Crippen MR) is 90.8 cm³/mol. The van der Waals surface area contributed by atoms with Crippen LogP contribution in [0.1, 0.15) is 61.8 Å². The molecule has 0 spiro atoms. The van der Waals surface area contributed by atoms with Crippen molar-refractivity contribution in [3.8, 4) is 0 Å². The SMILES string of the molecule is CCCCc1cc[c-](C)c1.CCCCc1cc[c-](C)c1.[Cl-].[Cl-].[Hf+4]. The fourth-order valence-electron chi connectivity index (χ4n) is 2.33. The van der Waals surface area contributed by atoms with E-state index in [9.17, 15) is 0 Å². The summed E-state index contributed by atoms with van der Waals surface area (Å²) < 4.78 is 0. The van der Waals surface area contributed by atoms with Gasteiger partial charge in [0, 0.05) is 0 Å². The van der Waals surface area contributed by atoms with Crippen molar-refractivity contribution in [2.75, 3.05) is 0 Å². The van der Waals surface area contributed by atoms with E-state index in [0.717, 1.165) is 0 Å². The summed E-state index contributed by atoms with van der Waals surface area (Å²) in [5, 5.41) is 0. The molecule has 0 aliphatic heterocycles. The third kappa shape index (κ3) is 13.2. The summed E-state index contributed by atoms with van der Waals surface area (Å²) >= 11 is 0. The van der Waals surface area contributed by atoms with Gasteiger partial charge >= 0.3 is 25.8 Å². The summed E-state index contributed by atoms with van der Waals surface area (Å²) in [4.78, 5) is 0. The number of hydrogen-bond acceptors (Lipinski definition) is 0. The summed E-state index contributed by atoms with van der Waals surface area (Å²) in [6.07, 6.45) is 7.75. The van der Waals surface area contributed by atoms with Crippen LogP contribution < -0.4 is 24.8 Å². The molecule has 0 N–H and O–H groups in total. The molecule has 0 aliphatic rings. The minimum atomic E-state index is 0. The zero-order valence-corrected chi connectivity index (χ0v) is 20.1. The van der Waals surface area contributed by atoms with Crippen LogP contribution in [-0.2, 0) is 38.7 Å². The average molecular weight is 520 g/mol. The Labute approximate surface area is 174 Å². The van der Waals surface area contributed by atoms with Gasteiger partial charge in [-0.15, -0.1) is 0 Å². The van der Waals surface area contributed by atoms with Gasteiger partial charge in [-0.3, -0.25) is 0 Å². The van der Waals surface area contributed by atoms with Crippen molar-refractivity contribution in [2.45, 2.75) is 66.2 Å². The van der Waals surface area contributed by atoms with Gasteiger partial charge in [-0.05, 0) is 0 Å². The molecule has 0 unspecified atom stereocenters. The molecule has 2 rings (SSSR count). The van der Waals surface area contributed by atoms with Crippen LogP contribution in [0.4, 0.5) is 0 Å². The zero-order valence-electron chi connectivity index (χ0n) is 15.0. The second-order valence-electron chi connectivity index (χ2n) is 5.80. The molecular weight excluding hydrogens is 490 g/mol. The van der Waals surface area contributed by atoms with Crippen molar-refractivity contribution in [2.24, 2.45) is 0 Å². The van der Waals surface area contributed by atoms with E-state index in [0.29, 0.717) is 0 Å². The normalized spacial score (nSPS) is 8.87. The summed E-state index contributed by atoms with van der Waals surface area (Å²) in [6.45, 7) is 8.76. The first-order chi connectivity index (χ1) is 9.65. The molecular formula is C20H30Cl2Hf. The Bertz CT molecular complexity index is 427. The Morgan fingerprint density at radius 3 is 1.30 bits per heavy atom. The molecule has 2 aromatic rings. The Morgan fingerprint density at radius 1 is 0.739 bits per heavy atom. The molecule has 0 fully saturated rings. The first kappa shape index (κ1) is 28.0. The van der Waals surface area contributed by atoms with E-state index in [1.807, 2.05) is 0 Å². The summed E-state index contributed by atoms with van der Waals surface area (Å²) in [5.74, 6) is 0. The maximum atomic E-state index is 2.27. The summed E-state index contributed by atoms with van der Waals surface area (Å²) in [6, 6.07) is 13.4. The molecule has 128 valence electrons. The molecule has 23 heavy (non-hydrogen) atoms. The largest absolute Gasteiger partial charge is 4.00 e. The molecule has 0 atom stereocenters. The number of halogens is 2. The third-order valence-corrected chi connectivity index (χ3v) is 3.58. The number of hydrogen-bond donors (Lipinski definition) is 0. The standard InChI is InChI=1S/2C10H15.2ClH.Hf/c2*1-3-4-5-10-7-6-9(2)8-10;;;/h2*6-8H,3-5H2,1-2H3;2*1H;/q2*-1;;;+4/p-2. The molecule has 0 heterocycles. The Kier molecular flexibility index (Phi) is 20.7. The molecule has 0 aromatic heterocycles. The molecule has 0 nitrogen and oxygen atoms in total. The zero-order chi connectivity index (χ0) is 14.8. The summed E-state index contributed by atoms with van der Waals surface area (Å²) in [7, 11) is 0. The molecule has 0 aliphatic carbocycles. The molecule has 0 saturated carbocycles. The first-order valence-corrected chi connectivity index (χ1v) is 8.10. The van der Waals surface area contributed by atoms with Crippen molar-refractivity contribution in [1.82, 2.24) is 0 Å². The second-order valence-corrected chi connectivity index (χ2v) is 5.80. The van der Waals surface area contributed by atoms with E-state index in [2.05, 4.69) is 64.1 Å². The van der Waals surface area contributed by atoms with Crippen LogP contribution in [0.25, 0.3) is 0 Å². The Morgan fingerprint density at radius 2 is 1.09 bits per heavy atom. The van der Waals surface area contributed by atoms with Gasteiger partial charge in [0.2, 0.25) is 0 Å². The van der Waals surface area contributed by atoms with Crippen molar-refractivity contribution in [3.05, 3.63) is 58.7 Å². The van der Waals surface area contributed by atoms with E-state index < -0.39 is 0 Å². The van der Waals surface area contributed by atoms with Crippen molar-refractivity contribution in [1.29, 1.82) is 0 Å². The second kappa shape index (κ2) is 17.0. The topological polar surface area (TPSA) is 0 Å². The van der Waals surface area contributed by atoms with Gasteiger partial charge in [0.15, 0.2) is 0 Å². The molecule has 2 aromatic carbocycles. The average Bonchev–Trinajstić information content (AvgIpc) is 3.03. The third-order valence-electron chi connectivity index (χ3n) is 3.58. The van der Waals surface area contributed by atoms with Crippen molar-refractivity contribution in [3.63, 3.8) is 0 Å². The van der Waals surface area contributed by atoms with Crippen LogP contribution in [0.3, 0.4) is 0 Å². The van der Waals surface area contributed by atoms with Crippen LogP contribution in [0.5, 0.6) is 0 Å². The molecule has 3 heteroatoms. The number of rotatable bonds is 6. The molecule has 0 amide bonds. The predicted octanol–water partition coefficient (Wildman–Crippen LogP) is 0.119. The van der Waals surface area contributed by atoms with Gasteiger partial charge in [0.1, 0.15) is 0 Å². The van der Waals surface area contributed by atoms with E-state index >= 15 is 0 Å². The van der Waals surface area contributed by atoms with Gasteiger partial charge in [0.25, 0.3) is 0 Å². The van der Waals surface area contributed by atoms with Gasteiger partial charge < -0.3 is 24.8 Å². The smallest absolute Gasteiger partial charge is 1.00 e. The van der Waals surface area contributed by atoms with E-state index in [-0.39, 0.29) is 50.7 Å². The van der Waals surface area contributed by atoms with Crippen LogP contribution in [-0.4, -0.2) is 0 Å².